The summed E-state index contributed by atoms with van der Waals surface area (Å²) < 4.78 is 15.7. The number of halogens is 1. The summed E-state index contributed by atoms with van der Waals surface area (Å²) in [6.45, 7) is -0.159. The van der Waals surface area contributed by atoms with Crippen LogP contribution >= 0.6 is 11.6 Å². The second-order valence-corrected chi connectivity index (χ2v) is 5.08. The van der Waals surface area contributed by atoms with Crippen LogP contribution in [0, 0.1) is 0 Å². The van der Waals surface area contributed by atoms with Crippen molar-refractivity contribution in [3.05, 3.63) is 53.1 Å². The maximum atomic E-state index is 11.7. The Bertz CT molecular complexity index is 717. The van der Waals surface area contributed by atoms with Gasteiger partial charge in [0.2, 0.25) is 0 Å². The third kappa shape index (κ3) is 5.17. The first-order valence-electron chi connectivity index (χ1n) is 7.04. The fraction of sp³-hybridized carbons (Fsp3) is 0.176. The third-order valence-corrected chi connectivity index (χ3v) is 3.27. The number of ether oxygens (including phenoxy) is 3. The van der Waals surface area contributed by atoms with Gasteiger partial charge in [0, 0.05) is 10.6 Å². The second kappa shape index (κ2) is 8.79. The Morgan fingerprint density at radius 3 is 2.50 bits per heavy atom. The van der Waals surface area contributed by atoms with Gasteiger partial charge in [0.25, 0.3) is 5.91 Å². The van der Waals surface area contributed by atoms with Crippen molar-refractivity contribution in [3.63, 3.8) is 0 Å². The molecule has 0 fully saturated rings. The lowest BCUT2D eigenvalue weighted by Gasteiger charge is -2.07. The molecule has 24 heavy (non-hydrogen) atoms. The molecular formula is C17H17ClN2O4. The van der Waals surface area contributed by atoms with E-state index in [1.807, 2.05) is 0 Å². The molecule has 0 radical (unpaired) electrons. The van der Waals surface area contributed by atoms with Crippen LogP contribution in [0.1, 0.15) is 5.56 Å². The lowest BCUT2D eigenvalue weighted by Crippen LogP contribution is -2.24. The molecule has 0 spiro atoms. The zero-order valence-corrected chi connectivity index (χ0v) is 14.0. The smallest absolute Gasteiger partial charge is 0.277 e. The summed E-state index contributed by atoms with van der Waals surface area (Å²) in [5, 5.41) is 4.49. The molecule has 1 amide bonds. The molecule has 0 bridgehead atoms. The van der Waals surface area contributed by atoms with Crippen LogP contribution in [0.25, 0.3) is 0 Å². The molecule has 1 N–H and O–H groups in total. The summed E-state index contributed by atoms with van der Waals surface area (Å²) in [6.07, 6.45) is 1.47. The predicted octanol–water partition coefficient (Wildman–Crippen LogP) is 2.89. The van der Waals surface area contributed by atoms with Crippen molar-refractivity contribution >= 4 is 23.7 Å². The molecule has 0 aromatic heterocycles. The zero-order chi connectivity index (χ0) is 17.4. The highest BCUT2D eigenvalue weighted by atomic mass is 35.5. The Morgan fingerprint density at radius 1 is 1.12 bits per heavy atom. The quantitative estimate of drug-likeness (QED) is 0.617. The minimum Gasteiger partial charge on any atom is -0.497 e. The Balaban J connectivity index is 1.89. The zero-order valence-electron chi connectivity index (χ0n) is 13.3. The number of nitrogens with one attached hydrogen (secondary N) is 1. The fourth-order valence-electron chi connectivity index (χ4n) is 1.83. The number of hydrogen-bond donors (Lipinski definition) is 1. The van der Waals surface area contributed by atoms with Gasteiger partial charge in [0.05, 0.1) is 20.4 Å². The molecule has 0 aliphatic heterocycles. The van der Waals surface area contributed by atoms with E-state index in [1.54, 1.807) is 56.7 Å². The molecule has 2 aromatic carbocycles. The second-order valence-electron chi connectivity index (χ2n) is 4.64. The lowest BCUT2D eigenvalue weighted by molar-refractivity contribution is -0.123. The monoisotopic (exact) mass is 348 g/mol. The lowest BCUT2D eigenvalue weighted by atomic mass is 10.2. The number of carbonyl (C=O) groups excluding carboxylic acids is 1. The van der Waals surface area contributed by atoms with Crippen LogP contribution in [-0.4, -0.2) is 32.9 Å². The van der Waals surface area contributed by atoms with Crippen LogP contribution in [0.3, 0.4) is 0 Å². The van der Waals surface area contributed by atoms with Crippen molar-refractivity contribution in [1.29, 1.82) is 0 Å². The summed E-state index contributed by atoms with van der Waals surface area (Å²) in [5.41, 5.74) is 3.06. The van der Waals surface area contributed by atoms with E-state index in [0.29, 0.717) is 27.8 Å². The molecule has 6 nitrogen and oxygen atoms in total. The van der Waals surface area contributed by atoms with Crippen LogP contribution in [-0.2, 0) is 4.79 Å². The molecule has 0 aliphatic carbocycles. The van der Waals surface area contributed by atoms with Gasteiger partial charge in [-0.25, -0.2) is 5.43 Å². The predicted molar refractivity (Wildman–Crippen MR) is 92.2 cm³/mol. The van der Waals surface area contributed by atoms with Crippen molar-refractivity contribution in [1.82, 2.24) is 5.43 Å². The van der Waals surface area contributed by atoms with Gasteiger partial charge < -0.3 is 14.2 Å². The molecule has 0 unspecified atom stereocenters. The van der Waals surface area contributed by atoms with E-state index in [1.165, 1.54) is 6.21 Å². The number of nitrogens with zero attached hydrogens (tertiary/aromatic N) is 1. The van der Waals surface area contributed by atoms with Crippen LogP contribution in [0.4, 0.5) is 0 Å². The molecular weight excluding hydrogens is 332 g/mol. The SMILES string of the molecule is COc1ccc(OC)c(/C=N\NC(=O)COc2ccc(Cl)cc2)c1. The number of methoxy groups -OCH3 is 2. The van der Waals surface area contributed by atoms with E-state index in [9.17, 15) is 4.79 Å². The van der Waals surface area contributed by atoms with E-state index in [4.69, 9.17) is 25.8 Å². The van der Waals surface area contributed by atoms with E-state index in [-0.39, 0.29) is 12.5 Å². The summed E-state index contributed by atoms with van der Waals surface area (Å²) in [7, 11) is 3.12. The van der Waals surface area contributed by atoms with Gasteiger partial charge in [0.15, 0.2) is 6.61 Å². The third-order valence-electron chi connectivity index (χ3n) is 3.01. The van der Waals surface area contributed by atoms with Gasteiger partial charge in [-0.15, -0.1) is 0 Å². The molecule has 2 rings (SSSR count). The summed E-state index contributed by atoms with van der Waals surface area (Å²) in [5.74, 6) is 1.44. The highest BCUT2D eigenvalue weighted by Crippen LogP contribution is 2.22. The van der Waals surface area contributed by atoms with E-state index in [2.05, 4.69) is 10.5 Å². The topological polar surface area (TPSA) is 69.2 Å². The van der Waals surface area contributed by atoms with Crippen LogP contribution in [0.5, 0.6) is 17.2 Å². The Morgan fingerprint density at radius 2 is 1.83 bits per heavy atom. The summed E-state index contributed by atoms with van der Waals surface area (Å²) in [6, 6.07) is 12.0. The highest BCUT2D eigenvalue weighted by Gasteiger charge is 2.04. The van der Waals surface area contributed by atoms with Gasteiger partial charge >= 0.3 is 0 Å². The Hall–Kier alpha value is -2.73. The maximum absolute atomic E-state index is 11.7. The van der Waals surface area contributed by atoms with E-state index in [0.717, 1.165) is 0 Å². The average molecular weight is 349 g/mol. The first-order chi connectivity index (χ1) is 11.6. The van der Waals surface area contributed by atoms with Gasteiger partial charge in [-0.2, -0.15) is 5.10 Å². The molecule has 2 aromatic rings. The van der Waals surface area contributed by atoms with Crippen LogP contribution < -0.4 is 19.6 Å². The van der Waals surface area contributed by atoms with Gasteiger partial charge in [-0.05, 0) is 42.5 Å². The number of rotatable bonds is 7. The largest absolute Gasteiger partial charge is 0.497 e. The minimum atomic E-state index is -0.386. The number of carbonyl (C=O) groups is 1. The summed E-state index contributed by atoms with van der Waals surface area (Å²) >= 11 is 5.77. The van der Waals surface area contributed by atoms with Gasteiger partial charge in [-0.1, -0.05) is 11.6 Å². The standard InChI is InChI=1S/C17H17ClN2O4/c1-22-15-7-8-16(23-2)12(9-15)10-19-20-17(21)11-24-14-5-3-13(18)4-6-14/h3-10H,11H2,1-2H3,(H,20,21)/b19-10-. The molecule has 0 saturated heterocycles. The van der Waals surface area contributed by atoms with Crippen LogP contribution in [0.2, 0.25) is 5.02 Å². The van der Waals surface area contributed by atoms with Crippen molar-refractivity contribution in [2.75, 3.05) is 20.8 Å². The van der Waals surface area contributed by atoms with Crippen LogP contribution in [0.15, 0.2) is 47.6 Å². The fourth-order valence-corrected chi connectivity index (χ4v) is 1.95. The number of hydrogen-bond acceptors (Lipinski definition) is 5. The molecule has 0 heterocycles. The highest BCUT2D eigenvalue weighted by molar-refractivity contribution is 6.30. The van der Waals surface area contributed by atoms with Crippen molar-refractivity contribution in [3.8, 4) is 17.2 Å². The first kappa shape index (κ1) is 17.6. The van der Waals surface area contributed by atoms with Crippen molar-refractivity contribution < 1.29 is 19.0 Å². The minimum absolute atomic E-state index is 0.159. The van der Waals surface area contributed by atoms with E-state index < -0.39 is 0 Å². The Kier molecular flexibility index (Phi) is 6.45. The number of benzene rings is 2. The van der Waals surface area contributed by atoms with E-state index >= 15 is 0 Å². The van der Waals surface area contributed by atoms with Crippen molar-refractivity contribution in [2.45, 2.75) is 0 Å². The number of amides is 1. The normalized spacial score (nSPS) is 10.5. The Labute approximate surface area is 145 Å². The molecule has 7 heteroatoms. The maximum Gasteiger partial charge on any atom is 0.277 e. The summed E-state index contributed by atoms with van der Waals surface area (Å²) in [4.78, 5) is 11.7. The van der Waals surface area contributed by atoms with Gasteiger partial charge in [-0.3, -0.25) is 4.79 Å². The van der Waals surface area contributed by atoms with Crippen molar-refractivity contribution in [2.24, 2.45) is 5.10 Å². The molecule has 0 saturated carbocycles. The molecule has 126 valence electrons. The first-order valence-corrected chi connectivity index (χ1v) is 7.42. The number of hydrazone groups is 1. The average Bonchev–Trinajstić information content (AvgIpc) is 2.61. The van der Waals surface area contributed by atoms with Gasteiger partial charge in [0.1, 0.15) is 17.2 Å². The molecule has 0 aliphatic rings. The molecule has 0 atom stereocenters.